The Morgan fingerprint density at radius 3 is 2.92 bits per heavy atom. The third-order valence-electron chi connectivity index (χ3n) is 5.67. The topological polar surface area (TPSA) is 76.8 Å². The number of amides is 1. The van der Waals surface area contributed by atoms with Gasteiger partial charge in [-0.1, -0.05) is 5.16 Å². The monoisotopic (exact) mass is 349 g/mol. The molecule has 0 bridgehead atoms. The highest BCUT2D eigenvalue weighted by Crippen LogP contribution is 2.30. The summed E-state index contributed by atoms with van der Waals surface area (Å²) in [4.78, 5) is 14.9. The normalized spacial score (nSPS) is 31.4. The van der Waals surface area contributed by atoms with Gasteiger partial charge in [0.25, 0.3) is 5.91 Å². The Kier molecular flexibility index (Phi) is 5.33. The van der Waals surface area contributed by atoms with E-state index in [1.807, 2.05) is 0 Å². The largest absolute Gasteiger partial charge is 0.381 e. The molecule has 3 aliphatic heterocycles. The number of ether oxygens (including phenoxy) is 2. The first-order chi connectivity index (χ1) is 12.3. The van der Waals surface area contributed by atoms with Crippen molar-refractivity contribution in [1.29, 1.82) is 0 Å². The molecule has 0 spiro atoms. The van der Waals surface area contributed by atoms with Gasteiger partial charge in [0.05, 0.1) is 18.3 Å². The molecule has 4 heterocycles. The van der Waals surface area contributed by atoms with Gasteiger partial charge < -0.3 is 24.2 Å². The van der Waals surface area contributed by atoms with E-state index in [0.717, 1.165) is 58.7 Å². The maximum absolute atomic E-state index is 12.4. The van der Waals surface area contributed by atoms with Crippen molar-refractivity contribution in [3.05, 3.63) is 18.0 Å². The minimum absolute atomic E-state index is 0.00325. The molecular weight excluding hydrogens is 322 g/mol. The second kappa shape index (κ2) is 7.85. The van der Waals surface area contributed by atoms with Crippen molar-refractivity contribution in [3.63, 3.8) is 0 Å². The van der Waals surface area contributed by atoms with E-state index in [2.05, 4.69) is 15.4 Å². The lowest BCUT2D eigenvalue weighted by molar-refractivity contribution is -0.0872. The van der Waals surface area contributed by atoms with Gasteiger partial charge in [0.1, 0.15) is 0 Å². The molecule has 1 amide bonds. The molecule has 0 unspecified atom stereocenters. The summed E-state index contributed by atoms with van der Waals surface area (Å²) in [5.74, 6) is 1.24. The number of fused-ring (bicyclic) bond motifs is 1. The molecule has 1 aromatic heterocycles. The third-order valence-corrected chi connectivity index (χ3v) is 5.67. The van der Waals surface area contributed by atoms with E-state index >= 15 is 0 Å². The maximum atomic E-state index is 12.4. The van der Waals surface area contributed by atoms with Crippen LogP contribution >= 0.6 is 0 Å². The molecule has 3 atom stereocenters. The van der Waals surface area contributed by atoms with Crippen molar-refractivity contribution in [2.75, 3.05) is 39.5 Å². The predicted molar refractivity (Wildman–Crippen MR) is 90.2 cm³/mol. The number of likely N-dealkylation sites (tertiary alicyclic amines) is 1. The zero-order valence-corrected chi connectivity index (χ0v) is 14.6. The third kappa shape index (κ3) is 4.04. The first-order valence-corrected chi connectivity index (χ1v) is 9.43. The number of carbonyl (C=O) groups excluding carboxylic acids is 1. The lowest BCUT2D eigenvalue weighted by Crippen LogP contribution is -2.61. The fourth-order valence-electron chi connectivity index (χ4n) is 4.44. The smallest absolute Gasteiger partial charge is 0.290 e. The van der Waals surface area contributed by atoms with Gasteiger partial charge in [0.2, 0.25) is 5.76 Å². The first kappa shape index (κ1) is 17.0. The number of carbonyl (C=O) groups is 1. The van der Waals surface area contributed by atoms with E-state index < -0.39 is 0 Å². The first-order valence-electron chi connectivity index (χ1n) is 9.43. The van der Waals surface area contributed by atoms with Crippen molar-refractivity contribution in [1.82, 2.24) is 15.4 Å². The summed E-state index contributed by atoms with van der Waals surface area (Å²) in [6.07, 6.45) is 6.14. The Morgan fingerprint density at radius 2 is 2.12 bits per heavy atom. The lowest BCUT2D eigenvalue weighted by atomic mass is 9.84. The SMILES string of the molecule is O=C(N[C@@H]1CN(CC2CCOCC2)C[C@@H]2CCCO[C@@H]21)c1ccno1. The number of piperidine rings is 1. The van der Waals surface area contributed by atoms with Crippen LogP contribution in [0.4, 0.5) is 0 Å². The Balaban J connectivity index is 1.42. The van der Waals surface area contributed by atoms with Crippen molar-refractivity contribution < 1.29 is 18.8 Å². The summed E-state index contributed by atoms with van der Waals surface area (Å²) >= 11 is 0. The van der Waals surface area contributed by atoms with E-state index in [0.29, 0.717) is 11.8 Å². The molecule has 4 rings (SSSR count). The van der Waals surface area contributed by atoms with Crippen molar-refractivity contribution in [3.8, 4) is 0 Å². The molecule has 0 aromatic carbocycles. The van der Waals surface area contributed by atoms with Gasteiger partial charge in [0.15, 0.2) is 0 Å². The molecule has 7 heteroatoms. The molecule has 3 fully saturated rings. The fraction of sp³-hybridized carbons (Fsp3) is 0.778. The van der Waals surface area contributed by atoms with Gasteiger partial charge in [-0.25, -0.2) is 0 Å². The van der Waals surface area contributed by atoms with E-state index in [1.54, 1.807) is 6.07 Å². The van der Waals surface area contributed by atoms with Crippen molar-refractivity contribution >= 4 is 5.91 Å². The molecule has 0 aliphatic carbocycles. The summed E-state index contributed by atoms with van der Waals surface area (Å²) < 4.78 is 16.5. The highest BCUT2D eigenvalue weighted by molar-refractivity contribution is 5.91. The Bertz CT molecular complexity index is 557. The van der Waals surface area contributed by atoms with Crippen molar-refractivity contribution in [2.45, 2.75) is 37.8 Å². The highest BCUT2D eigenvalue weighted by Gasteiger charge is 2.40. The molecule has 138 valence electrons. The van der Waals surface area contributed by atoms with Crippen LogP contribution in [-0.2, 0) is 9.47 Å². The Morgan fingerprint density at radius 1 is 1.24 bits per heavy atom. The average molecular weight is 349 g/mol. The molecular formula is C18H27N3O4. The second-order valence-corrected chi connectivity index (χ2v) is 7.47. The zero-order chi connectivity index (χ0) is 17.1. The fourth-order valence-corrected chi connectivity index (χ4v) is 4.44. The molecule has 0 radical (unpaired) electrons. The molecule has 1 aromatic rings. The number of rotatable bonds is 4. The minimum Gasteiger partial charge on any atom is -0.381 e. The molecule has 7 nitrogen and oxygen atoms in total. The van der Waals surface area contributed by atoms with Crippen LogP contribution in [0.15, 0.2) is 16.8 Å². The summed E-state index contributed by atoms with van der Waals surface area (Å²) in [6, 6.07) is 1.59. The second-order valence-electron chi connectivity index (χ2n) is 7.47. The highest BCUT2D eigenvalue weighted by atomic mass is 16.5. The predicted octanol–water partition coefficient (Wildman–Crippen LogP) is 1.31. The number of hydrogen-bond acceptors (Lipinski definition) is 6. The molecule has 25 heavy (non-hydrogen) atoms. The van der Waals surface area contributed by atoms with E-state index in [1.165, 1.54) is 12.6 Å². The summed E-state index contributed by atoms with van der Waals surface area (Å²) in [5, 5.41) is 6.74. The Labute approximate surface area is 148 Å². The summed E-state index contributed by atoms with van der Waals surface area (Å²) in [6.45, 7) is 5.52. The van der Waals surface area contributed by atoms with Crippen LogP contribution in [0, 0.1) is 11.8 Å². The number of hydrogen-bond donors (Lipinski definition) is 1. The average Bonchev–Trinajstić information content (AvgIpc) is 3.17. The van der Waals surface area contributed by atoms with Gasteiger partial charge in [-0.3, -0.25) is 4.79 Å². The Hall–Kier alpha value is -1.44. The number of nitrogens with zero attached hydrogens (tertiary/aromatic N) is 2. The number of aromatic nitrogens is 1. The molecule has 3 saturated heterocycles. The van der Waals surface area contributed by atoms with Gasteiger partial charge >= 0.3 is 0 Å². The van der Waals surface area contributed by atoms with Crippen LogP contribution in [0.5, 0.6) is 0 Å². The lowest BCUT2D eigenvalue weighted by Gasteiger charge is -2.46. The molecule has 1 N–H and O–H groups in total. The van der Waals surface area contributed by atoms with Crippen LogP contribution in [0.3, 0.4) is 0 Å². The quantitative estimate of drug-likeness (QED) is 0.883. The summed E-state index contributed by atoms with van der Waals surface area (Å²) in [7, 11) is 0. The van der Waals surface area contributed by atoms with E-state index in [4.69, 9.17) is 14.0 Å². The van der Waals surface area contributed by atoms with Gasteiger partial charge in [-0.15, -0.1) is 0 Å². The van der Waals surface area contributed by atoms with Crippen molar-refractivity contribution in [2.24, 2.45) is 11.8 Å². The molecule has 0 saturated carbocycles. The summed E-state index contributed by atoms with van der Waals surface area (Å²) in [5.41, 5.74) is 0. The van der Waals surface area contributed by atoms with Gasteiger partial charge in [-0.2, -0.15) is 0 Å². The van der Waals surface area contributed by atoms with Crippen LogP contribution in [-0.4, -0.2) is 67.6 Å². The van der Waals surface area contributed by atoms with Crippen LogP contribution in [0.2, 0.25) is 0 Å². The minimum atomic E-state index is -0.205. The number of nitrogens with one attached hydrogen (secondary N) is 1. The maximum Gasteiger partial charge on any atom is 0.290 e. The van der Waals surface area contributed by atoms with E-state index in [9.17, 15) is 4.79 Å². The van der Waals surface area contributed by atoms with E-state index in [-0.39, 0.29) is 23.8 Å². The van der Waals surface area contributed by atoms with Crippen LogP contribution in [0.1, 0.15) is 36.2 Å². The molecule has 3 aliphatic rings. The standard InChI is InChI=1S/C18H27N3O4/c22-18(16-3-6-19-25-16)20-15-12-21(10-13-4-8-23-9-5-13)11-14-2-1-7-24-17(14)15/h3,6,13-15,17H,1-2,4-5,7-12H2,(H,20,22)/t14-,15+,17-/m0/s1. The van der Waals surface area contributed by atoms with Gasteiger partial charge in [0, 0.05) is 45.5 Å². The van der Waals surface area contributed by atoms with Gasteiger partial charge in [-0.05, 0) is 37.5 Å². The van der Waals surface area contributed by atoms with Crippen LogP contribution < -0.4 is 5.32 Å². The zero-order valence-electron chi connectivity index (χ0n) is 14.6. The van der Waals surface area contributed by atoms with Crippen LogP contribution in [0.25, 0.3) is 0 Å².